The summed E-state index contributed by atoms with van der Waals surface area (Å²) in [6.07, 6.45) is 0.579. The minimum absolute atomic E-state index is 0.00805. The van der Waals surface area contributed by atoms with Crippen LogP contribution < -0.4 is 10.1 Å². The van der Waals surface area contributed by atoms with Crippen LogP contribution in [-0.2, 0) is 11.2 Å². The van der Waals surface area contributed by atoms with Crippen molar-refractivity contribution in [3.05, 3.63) is 77.2 Å². The summed E-state index contributed by atoms with van der Waals surface area (Å²) in [6, 6.07) is 19.5. The third-order valence-electron chi connectivity index (χ3n) is 5.39. The van der Waals surface area contributed by atoms with E-state index in [1.165, 1.54) is 4.88 Å². The molecule has 0 bridgehead atoms. The lowest BCUT2D eigenvalue weighted by molar-refractivity contribution is -0.124. The fourth-order valence-electron chi connectivity index (χ4n) is 3.87. The van der Waals surface area contributed by atoms with E-state index >= 15 is 0 Å². The topological polar surface area (TPSA) is 58.6 Å². The van der Waals surface area contributed by atoms with Gasteiger partial charge in [0.25, 0.3) is 5.91 Å². The van der Waals surface area contributed by atoms with Gasteiger partial charge >= 0.3 is 0 Å². The van der Waals surface area contributed by atoms with Gasteiger partial charge in [0.1, 0.15) is 5.75 Å². The molecule has 2 aromatic carbocycles. The van der Waals surface area contributed by atoms with Gasteiger partial charge in [-0.3, -0.25) is 9.59 Å². The molecule has 0 radical (unpaired) electrons. The summed E-state index contributed by atoms with van der Waals surface area (Å²) in [5, 5.41) is 5.03. The van der Waals surface area contributed by atoms with Crippen LogP contribution in [0, 0.1) is 5.92 Å². The van der Waals surface area contributed by atoms with E-state index in [-0.39, 0.29) is 17.7 Å². The molecule has 4 rings (SSSR count). The zero-order valence-electron chi connectivity index (χ0n) is 16.8. The van der Waals surface area contributed by atoms with Crippen molar-refractivity contribution >= 4 is 23.2 Å². The van der Waals surface area contributed by atoms with Gasteiger partial charge in [0, 0.05) is 24.5 Å². The fourth-order valence-corrected chi connectivity index (χ4v) is 4.65. The largest absolute Gasteiger partial charge is 0.496 e. The van der Waals surface area contributed by atoms with Crippen molar-refractivity contribution in [3.63, 3.8) is 0 Å². The predicted molar refractivity (Wildman–Crippen MR) is 119 cm³/mol. The molecule has 1 N–H and O–H groups in total. The van der Waals surface area contributed by atoms with Gasteiger partial charge in [0.15, 0.2) is 0 Å². The third kappa shape index (κ3) is 4.24. The number of rotatable bonds is 5. The molecule has 1 atom stereocenters. The van der Waals surface area contributed by atoms with Gasteiger partial charge in [0.2, 0.25) is 5.91 Å². The normalized spacial score (nSPS) is 16.6. The highest BCUT2D eigenvalue weighted by atomic mass is 32.1. The fraction of sp³-hybridized carbons (Fsp3) is 0.250. The van der Waals surface area contributed by atoms with E-state index < -0.39 is 0 Å². The van der Waals surface area contributed by atoms with Crippen molar-refractivity contribution in [2.45, 2.75) is 6.42 Å². The van der Waals surface area contributed by atoms with Crippen molar-refractivity contribution in [3.8, 4) is 16.2 Å². The second kappa shape index (κ2) is 9.13. The molecule has 1 saturated heterocycles. The number of carbonyl (C=O) groups excluding carboxylic acids is 2. The smallest absolute Gasteiger partial charge is 0.257 e. The molecule has 1 fully saturated rings. The van der Waals surface area contributed by atoms with Crippen molar-refractivity contribution in [2.24, 2.45) is 5.92 Å². The monoisotopic (exact) mass is 420 g/mol. The number of nitrogens with one attached hydrogen (secondary N) is 1. The first kappa shape index (κ1) is 20.2. The van der Waals surface area contributed by atoms with Crippen LogP contribution in [0.2, 0.25) is 0 Å². The molecule has 5 nitrogen and oxygen atoms in total. The molecule has 0 aliphatic carbocycles. The van der Waals surface area contributed by atoms with Gasteiger partial charge in [-0.1, -0.05) is 42.5 Å². The summed E-state index contributed by atoms with van der Waals surface area (Å²) >= 11 is 1.68. The summed E-state index contributed by atoms with van der Waals surface area (Å²) in [5.74, 6) is 0.115. The van der Waals surface area contributed by atoms with Gasteiger partial charge in [-0.2, -0.15) is 0 Å². The van der Waals surface area contributed by atoms with Gasteiger partial charge in [-0.15, -0.1) is 11.3 Å². The van der Waals surface area contributed by atoms with Crippen LogP contribution >= 0.6 is 11.3 Å². The summed E-state index contributed by atoms with van der Waals surface area (Å²) in [7, 11) is 1.56. The molecule has 1 aromatic heterocycles. The molecule has 0 spiro atoms. The van der Waals surface area contributed by atoms with Crippen LogP contribution in [0.5, 0.6) is 5.75 Å². The summed E-state index contributed by atoms with van der Waals surface area (Å²) in [6.45, 7) is 1.30. The first-order valence-electron chi connectivity index (χ1n) is 9.99. The number of hydrogen-bond donors (Lipinski definition) is 1. The number of hydrogen-bond acceptors (Lipinski definition) is 4. The second-order valence-electron chi connectivity index (χ2n) is 7.28. The Kier molecular flexibility index (Phi) is 6.14. The van der Waals surface area contributed by atoms with Crippen LogP contribution in [0.4, 0.5) is 0 Å². The molecule has 2 amide bonds. The number of ether oxygens (including phenoxy) is 1. The third-order valence-corrected chi connectivity index (χ3v) is 6.29. The van der Waals surface area contributed by atoms with E-state index in [4.69, 9.17) is 4.74 Å². The number of carbonyl (C=O) groups is 2. The number of para-hydroxylation sites is 1. The Balaban J connectivity index is 1.58. The lowest BCUT2D eigenvalue weighted by Crippen LogP contribution is -2.37. The Bertz CT molecular complexity index is 1030. The number of benzene rings is 2. The Labute approximate surface area is 180 Å². The van der Waals surface area contributed by atoms with E-state index in [0.717, 1.165) is 11.1 Å². The number of nitrogens with zero attached hydrogens (tertiary/aromatic N) is 1. The maximum Gasteiger partial charge on any atom is 0.257 e. The molecule has 1 aliphatic heterocycles. The Morgan fingerprint density at radius 1 is 1.13 bits per heavy atom. The zero-order chi connectivity index (χ0) is 20.9. The molecule has 2 heterocycles. The lowest BCUT2D eigenvalue weighted by Gasteiger charge is -2.24. The van der Waals surface area contributed by atoms with Crippen molar-refractivity contribution < 1.29 is 14.3 Å². The Hall–Kier alpha value is -3.12. The second-order valence-corrected chi connectivity index (χ2v) is 8.23. The average molecular weight is 421 g/mol. The standard InChI is InChI=1S/C24H24N2O3S/c1-29-21-10-5-4-9-20(21)24(28)26-13-12-25-23(27)18(16-26)15-17-7-2-3-8-19(17)22-11-6-14-30-22/h2-11,14,18H,12-13,15-16H2,1H3,(H,25,27). The molecule has 6 heteroatoms. The van der Waals surface area contributed by atoms with Crippen LogP contribution in [0.3, 0.4) is 0 Å². The van der Waals surface area contributed by atoms with Crippen LogP contribution in [0.25, 0.3) is 10.4 Å². The van der Waals surface area contributed by atoms with Gasteiger partial charge in [-0.25, -0.2) is 0 Å². The van der Waals surface area contributed by atoms with Gasteiger partial charge in [-0.05, 0) is 41.1 Å². The molecular formula is C24H24N2O3S. The Morgan fingerprint density at radius 3 is 2.73 bits per heavy atom. The van der Waals surface area contributed by atoms with E-state index in [0.29, 0.717) is 37.4 Å². The molecule has 30 heavy (non-hydrogen) atoms. The number of amides is 2. The maximum absolute atomic E-state index is 13.2. The molecule has 154 valence electrons. The maximum atomic E-state index is 13.2. The molecule has 1 aliphatic rings. The van der Waals surface area contributed by atoms with Crippen molar-refractivity contribution in [1.82, 2.24) is 10.2 Å². The lowest BCUT2D eigenvalue weighted by atomic mass is 9.94. The predicted octanol–water partition coefficient (Wildman–Crippen LogP) is 3.85. The number of thiophene rings is 1. The van der Waals surface area contributed by atoms with Gasteiger partial charge < -0.3 is 15.0 Å². The highest BCUT2D eigenvalue weighted by molar-refractivity contribution is 7.13. The molecular weight excluding hydrogens is 396 g/mol. The minimum atomic E-state index is -0.313. The van der Waals surface area contributed by atoms with E-state index in [2.05, 4.69) is 28.9 Å². The summed E-state index contributed by atoms with van der Waals surface area (Å²) < 4.78 is 5.36. The van der Waals surface area contributed by atoms with E-state index in [9.17, 15) is 9.59 Å². The van der Waals surface area contributed by atoms with Crippen molar-refractivity contribution in [2.75, 3.05) is 26.7 Å². The van der Waals surface area contributed by atoms with Crippen LogP contribution in [0.15, 0.2) is 66.0 Å². The molecule has 1 unspecified atom stereocenters. The highest BCUT2D eigenvalue weighted by Crippen LogP contribution is 2.30. The summed E-state index contributed by atoms with van der Waals surface area (Å²) in [5.41, 5.74) is 2.78. The average Bonchev–Trinajstić information content (AvgIpc) is 3.25. The minimum Gasteiger partial charge on any atom is -0.496 e. The Morgan fingerprint density at radius 2 is 1.93 bits per heavy atom. The summed E-state index contributed by atoms with van der Waals surface area (Å²) in [4.78, 5) is 28.9. The molecule has 3 aromatic rings. The zero-order valence-corrected chi connectivity index (χ0v) is 17.7. The first-order chi connectivity index (χ1) is 14.7. The number of methoxy groups -OCH3 is 1. The van der Waals surface area contributed by atoms with E-state index in [1.54, 1.807) is 35.5 Å². The van der Waals surface area contributed by atoms with E-state index in [1.807, 2.05) is 30.3 Å². The first-order valence-corrected chi connectivity index (χ1v) is 10.9. The molecule has 0 saturated carbocycles. The highest BCUT2D eigenvalue weighted by Gasteiger charge is 2.30. The van der Waals surface area contributed by atoms with Gasteiger partial charge in [0.05, 0.1) is 18.6 Å². The van der Waals surface area contributed by atoms with Crippen LogP contribution in [-0.4, -0.2) is 43.5 Å². The SMILES string of the molecule is COc1ccccc1C(=O)N1CCNC(=O)C(Cc2ccccc2-c2cccs2)C1. The quantitative estimate of drug-likeness (QED) is 0.682. The van der Waals surface area contributed by atoms with Crippen LogP contribution in [0.1, 0.15) is 15.9 Å². The van der Waals surface area contributed by atoms with Crippen molar-refractivity contribution in [1.29, 1.82) is 0 Å².